The number of rotatable bonds is 5. The van der Waals surface area contributed by atoms with Crippen LogP contribution in [0.5, 0.6) is 0 Å². The van der Waals surface area contributed by atoms with Crippen LogP contribution in [0, 0.1) is 0 Å². The number of nitrogens with one attached hydrogen (secondary N) is 2. The first kappa shape index (κ1) is 10.2. The Labute approximate surface area is 88.9 Å². The molecule has 0 bridgehead atoms. The molecule has 0 spiro atoms. The number of nitrogens with zero attached hydrogens (tertiary/aromatic N) is 2. The van der Waals surface area contributed by atoms with E-state index in [1.165, 1.54) is 0 Å². The Morgan fingerprint density at radius 2 is 2.47 bits per heavy atom. The predicted octanol–water partition coefficient (Wildman–Crippen LogP) is -0.119. The van der Waals surface area contributed by atoms with Gasteiger partial charge in [0.15, 0.2) is 0 Å². The summed E-state index contributed by atoms with van der Waals surface area (Å²) >= 11 is 0. The van der Waals surface area contributed by atoms with Crippen LogP contribution in [0.3, 0.4) is 0 Å². The van der Waals surface area contributed by atoms with Crippen LogP contribution in [0.1, 0.15) is 18.5 Å². The highest BCUT2D eigenvalue weighted by Gasteiger charge is 2.23. The van der Waals surface area contributed by atoms with E-state index in [0.29, 0.717) is 12.6 Å². The molecular formula is C10H16N4O. The molecule has 1 aromatic heterocycles. The summed E-state index contributed by atoms with van der Waals surface area (Å²) < 4.78 is 1.87. The van der Waals surface area contributed by atoms with Crippen molar-refractivity contribution in [3.05, 3.63) is 18.2 Å². The first-order valence-corrected chi connectivity index (χ1v) is 5.22. The lowest BCUT2D eigenvalue weighted by molar-refractivity contribution is -0.121. The van der Waals surface area contributed by atoms with Gasteiger partial charge < -0.3 is 15.2 Å². The second-order valence-corrected chi connectivity index (χ2v) is 3.88. The van der Waals surface area contributed by atoms with Gasteiger partial charge in [0.2, 0.25) is 5.91 Å². The SMILES string of the molecule is CNCc1cncn1CC(=O)NC1CC1. The van der Waals surface area contributed by atoms with Gasteiger partial charge >= 0.3 is 0 Å². The maximum Gasteiger partial charge on any atom is 0.240 e. The molecule has 1 aliphatic rings. The maximum absolute atomic E-state index is 11.5. The topological polar surface area (TPSA) is 59.0 Å². The van der Waals surface area contributed by atoms with E-state index in [4.69, 9.17) is 0 Å². The molecule has 1 saturated carbocycles. The summed E-state index contributed by atoms with van der Waals surface area (Å²) in [6, 6.07) is 0.425. The zero-order valence-electron chi connectivity index (χ0n) is 8.86. The molecule has 2 rings (SSSR count). The van der Waals surface area contributed by atoms with Gasteiger partial charge in [0.05, 0.1) is 12.0 Å². The molecule has 0 aliphatic heterocycles. The fourth-order valence-electron chi connectivity index (χ4n) is 1.47. The van der Waals surface area contributed by atoms with Crippen molar-refractivity contribution in [2.75, 3.05) is 7.05 Å². The normalized spacial score (nSPS) is 15.3. The van der Waals surface area contributed by atoms with Crippen LogP contribution in [-0.2, 0) is 17.9 Å². The molecule has 15 heavy (non-hydrogen) atoms. The van der Waals surface area contributed by atoms with Crippen LogP contribution in [0.4, 0.5) is 0 Å². The molecular weight excluding hydrogens is 192 g/mol. The van der Waals surface area contributed by atoms with Gasteiger partial charge in [-0.25, -0.2) is 4.98 Å². The molecule has 1 fully saturated rings. The average molecular weight is 208 g/mol. The van der Waals surface area contributed by atoms with Gasteiger partial charge in [-0.1, -0.05) is 0 Å². The molecule has 2 N–H and O–H groups in total. The molecule has 1 amide bonds. The Hall–Kier alpha value is -1.36. The summed E-state index contributed by atoms with van der Waals surface area (Å²) in [6.07, 6.45) is 5.72. The lowest BCUT2D eigenvalue weighted by Crippen LogP contribution is -2.29. The third-order valence-electron chi connectivity index (χ3n) is 2.41. The van der Waals surface area contributed by atoms with Gasteiger partial charge in [-0.15, -0.1) is 0 Å². The Morgan fingerprint density at radius 3 is 3.13 bits per heavy atom. The number of carbonyl (C=O) groups is 1. The van der Waals surface area contributed by atoms with Crippen LogP contribution in [0.15, 0.2) is 12.5 Å². The van der Waals surface area contributed by atoms with Crippen LogP contribution in [0.25, 0.3) is 0 Å². The molecule has 1 aromatic rings. The minimum absolute atomic E-state index is 0.0767. The van der Waals surface area contributed by atoms with Crippen LogP contribution < -0.4 is 10.6 Å². The highest BCUT2D eigenvalue weighted by molar-refractivity contribution is 5.76. The minimum atomic E-state index is 0.0767. The zero-order valence-corrected chi connectivity index (χ0v) is 8.86. The van der Waals surface area contributed by atoms with Crippen molar-refractivity contribution in [1.82, 2.24) is 20.2 Å². The fourth-order valence-corrected chi connectivity index (χ4v) is 1.47. The molecule has 0 aromatic carbocycles. The number of amides is 1. The summed E-state index contributed by atoms with van der Waals surface area (Å²) in [6.45, 7) is 1.10. The van der Waals surface area contributed by atoms with Gasteiger partial charge in [0.1, 0.15) is 6.54 Å². The molecule has 82 valence electrons. The first-order chi connectivity index (χ1) is 7.29. The molecule has 0 saturated heterocycles. The number of aromatic nitrogens is 2. The third kappa shape index (κ3) is 2.79. The smallest absolute Gasteiger partial charge is 0.240 e. The van der Waals surface area contributed by atoms with Gasteiger partial charge in [-0.05, 0) is 19.9 Å². The molecule has 5 heteroatoms. The van der Waals surface area contributed by atoms with E-state index in [-0.39, 0.29) is 5.91 Å². The Bertz CT molecular complexity index is 343. The van der Waals surface area contributed by atoms with Crippen LogP contribution in [0.2, 0.25) is 0 Å². The Morgan fingerprint density at radius 1 is 1.67 bits per heavy atom. The van der Waals surface area contributed by atoms with E-state index < -0.39 is 0 Å². The quantitative estimate of drug-likeness (QED) is 0.709. The zero-order chi connectivity index (χ0) is 10.7. The number of hydrogen-bond donors (Lipinski definition) is 2. The molecule has 1 heterocycles. The van der Waals surface area contributed by atoms with Crippen molar-refractivity contribution in [1.29, 1.82) is 0 Å². The molecule has 0 radical (unpaired) electrons. The highest BCUT2D eigenvalue weighted by atomic mass is 16.2. The second-order valence-electron chi connectivity index (χ2n) is 3.88. The van der Waals surface area contributed by atoms with Crippen LogP contribution in [-0.4, -0.2) is 28.5 Å². The van der Waals surface area contributed by atoms with E-state index >= 15 is 0 Å². The lowest BCUT2D eigenvalue weighted by atomic mass is 10.4. The predicted molar refractivity (Wildman–Crippen MR) is 56.2 cm³/mol. The van der Waals surface area contributed by atoms with Crippen LogP contribution >= 0.6 is 0 Å². The standard InChI is InChI=1S/C10H16N4O/c1-11-4-9-5-12-7-14(9)6-10(15)13-8-2-3-8/h5,7-8,11H,2-4,6H2,1H3,(H,13,15). The summed E-state index contributed by atoms with van der Waals surface area (Å²) in [5.41, 5.74) is 1.03. The molecule has 5 nitrogen and oxygen atoms in total. The van der Waals surface area contributed by atoms with Gasteiger partial charge in [0.25, 0.3) is 0 Å². The van der Waals surface area contributed by atoms with Crippen molar-refractivity contribution in [3.63, 3.8) is 0 Å². The highest BCUT2D eigenvalue weighted by Crippen LogP contribution is 2.18. The summed E-state index contributed by atoms with van der Waals surface area (Å²) in [5, 5.41) is 6.00. The Balaban J connectivity index is 1.90. The van der Waals surface area contributed by atoms with Crippen molar-refractivity contribution in [2.45, 2.75) is 32.0 Å². The third-order valence-corrected chi connectivity index (χ3v) is 2.41. The van der Waals surface area contributed by atoms with E-state index in [1.807, 2.05) is 11.6 Å². The van der Waals surface area contributed by atoms with Gasteiger partial charge in [-0.3, -0.25) is 4.79 Å². The lowest BCUT2D eigenvalue weighted by Gasteiger charge is -2.07. The summed E-state index contributed by atoms with van der Waals surface area (Å²) in [5.74, 6) is 0.0767. The molecule has 0 atom stereocenters. The summed E-state index contributed by atoms with van der Waals surface area (Å²) in [7, 11) is 1.88. The van der Waals surface area contributed by atoms with Crippen molar-refractivity contribution in [2.24, 2.45) is 0 Å². The average Bonchev–Trinajstić information content (AvgIpc) is 2.90. The molecule has 1 aliphatic carbocycles. The van der Waals surface area contributed by atoms with E-state index in [0.717, 1.165) is 25.1 Å². The first-order valence-electron chi connectivity index (χ1n) is 5.22. The van der Waals surface area contributed by atoms with E-state index in [9.17, 15) is 4.79 Å². The minimum Gasteiger partial charge on any atom is -0.352 e. The monoisotopic (exact) mass is 208 g/mol. The summed E-state index contributed by atoms with van der Waals surface area (Å²) in [4.78, 5) is 15.6. The largest absolute Gasteiger partial charge is 0.352 e. The van der Waals surface area contributed by atoms with Crippen molar-refractivity contribution >= 4 is 5.91 Å². The van der Waals surface area contributed by atoms with Crippen molar-refractivity contribution in [3.8, 4) is 0 Å². The molecule has 0 unspecified atom stereocenters. The maximum atomic E-state index is 11.5. The number of carbonyl (C=O) groups excluding carboxylic acids is 1. The number of hydrogen-bond acceptors (Lipinski definition) is 3. The fraction of sp³-hybridized carbons (Fsp3) is 0.600. The van der Waals surface area contributed by atoms with E-state index in [2.05, 4.69) is 15.6 Å². The van der Waals surface area contributed by atoms with Gasteiger partial charge in [0, 0.05) is 18.8 Å². The Kier molecular flexibility index (Phi) is 3.01. The van der Waals surface area contributed by atoms with Gasteiger partial charge in [-0.2, -0.15) is 0 Å². The number of imidazole rings is 1. The van der Waals surface area contributed by atoms with E-state index in [1.54, 1.807) is 12.5 Å². The van der Waals surface area contributed by atoms with Crippen molar-refractivity contribution < 1.29 is 4.79 Å². The second kappa shape index (κ2) is 4.44.